The van der Waals surface area contributed by atoms with Crippen LogP contribution in [0.2, 0.25) is 0 Å². The molecular formula is C11H20N2OS2. The van der Waals surface area contributed by atoms with Gasteiger partial charge in [-0.1, -0.05) is 0 Å². The van der Waals surface area contributed by atoms with Gasteiger partial charge in [0.05, 0.1) is 10.7 Å². The number of hydrogen-bond donors (Lipinski definition) is 1. The minimum absolute atomic E-state index is 0.112. The zero-order valence-electron chi connectivity index (χ0n) is 10.4. The van der Waals surface area contributed by atoms with Crippen molar-refractivity contribution < 1.29 is 4.21 Å². The van der Waals surface area contributed by atoms with E-state index in [2.05, 4.69) is 15.7 Å². The molecule has 1 atom stereocenters. The zero-order valence-corrected chi connectivity index (χ0v) is 12.0. The van der Waals surface area contributed by atoms with Crippen LogP contribution in [0.5, 0.6) is 0 Å². The molecular weight excluding hydrogens is 240 g/mol. The molecule has 0 radical (unpaired) electrons. The van der Waals surface area contributed by atoms with Crippen LogP contribution in [0.3, 0.4) is 0 Å². The lowest BCUT2D eigenvalue weighted by atomic mass is 10.3. The van der Waals surface area contributed by atoms with Crippen LogP contribution in [0.15, 0.2) is 5.38 Å². The van der Waals surface area contributed by atoms with Gasteiger partial charge in [0, 0.05) is 39.8 Å². The van der Waals surface area contributed by atoms with Gasteiger partial charge in [0.2, 0.25) is 0 Å². The van der Waals surface area contributed by atoms with Crippen molar-refractivity contribution in [2.45, 2.75) is 39.0 Å². The first-order chi connectivity index (χ1) is 7.39. The summed E-state index contributed by atoms with van der Waals surface area (Å²) in [5, 5.41) is 6.42. The van der Waals surface area contributed by atoms with Gasteiger partial charge in [0.1, 0.15) is 0 Å². The van der Waals surface area contributed by atoms with E-state index in [4.69, 9.17) is 0 Å². The Morgan fingerprint density at radius 1 is 1.50 bits per heavy atom. The SMILES string of the molecule is Cc1nc(CNCCS(=O)C(C)(C)C)cs1. The average Bonchev–Trinajstić information content (AvgIpc) is 2.57. The van der Waals surface area contributed by atoms with Gasteiger partial charge in [-0.25, -0.2) is 4.98 Å². The highest BCUT2D eigenvalue weighted by Crippen LogP contribution is 2.10. The quantitative estimate of drug-likeness (QED) is 0.824. The number of nitrogens with zero attached hydrogens (tertiary/aromatic N) is 1. The predicted molar refractivity (Wildman–Crippen MR) is 71.3 cm³/mol. The first-order valence-corrected chi connectivity index (χ1v) is 7.59. The fourth-order valence-corrected chi connectivity index (χ4v) is 2.73. The summed E-state index contributed by atoms with van der Waals surface area (Å²) in [4.78, 5) is 4.36. The largest absolute Gasteiger partial charge is 0.310 e. The second-order valence-corrected chi connectivity index (χ2v) is 8.08. The van der Waals surface area contributed by atoms with Gasteiger partial charge in [-0.2, -0.15) is 0 Å². The van der Waals surface area contributed by atoms with E-state index in [1.165, 1.54) is 0 Å². The van der Waals surface area contributed by atoms with Crippen LogP contribution in [0, 0.1) is 6.92 Å². The Bertz CT molecular complexity index is 355. The Balaban J connectivity index is 2.20. The molecule has 0 saturated carbocycles. The molecule has 16 heavy (non-hydrogen) atoms. The van der Waals surface area contributed by atoms with Crippen LogP contribution < -0.4 is 5.32 Å². The van der Waals surface area contributed by atoms with Crippen molar-refractivity contribution in [1.29, 1.82) is 0 Å². The van der Waals surface area contributed by atoms with Crippen LogP contribution in [0.25, 0.3) is 0 Å². The number of aromatic nitrogens is 1. The van der Waals surface area contributed by atoms with Gasteiger partial charge < -0.3 is 5.32 Å². The summed E-state index contributed by atoms with van der Waals surface area (Å²) in [6, 6.07) is 0. The maximum Gasteiger partial charge on any atom is 0.0897 e. The van der Waals surface area contributed by atoms with Crippen molar-refractivity contribution in [3.8, 4) is 0 Å². The third-order valence-corrected chi connectivity index (χ3v) is 4.88. The highest BCUT2D eigenvalue weighted by molar-refractivity contribution is 7.86. The highest BCUT2D eigenvalue weighted by Gasteiger charge is 2.18. The Hall–Kier alpha value is -0.260. The molecule has 1 rings (SSSR count). The van der Waals surface area contributed by atoms with Crippen molar-refractivity contribution in [2.24, 2.45) is 0 Å². The highest BCUT2D eigenvalue weighted by atomic mass is 32.2. The number of nitrogens with one attached hydrogen (secondary N) is 1. The molecule has 0 aliphatic heterocycles. The van der Waals surface area contributed by atoms with Gasteiger partial charge in [0.25, 0.3) is 0 Å². The Morgan fingerprint density at radius 2 is 2.19 bits per heavy atom. The molecule has 0 aliphatic rings. The van der Waals surface area contributed by atoms with Gasteiger partial charge in [-0.05, 0) is 27.7 Å². The fourth-order valence-electron chi connectivity index (χ4n) is 1.18. The monoisotopic (exact) mass is 260 g/mol. The second-order valence-electron chi connectivity index (χ2n) is 4.70. The molecule has 1 aromatic rings. The van der Waals surface area contributed by atoms with E-state index >= 15 is 0 Å². The molecule has 1 unspecified atom stereocenters. The minimum Gasteiger partial charge on any atom is -0.310 e. The Morgan fingerprint density at radius 3 is 2.69 bits per heavy atom. The van der Waals surface area contributed by atoms with E-state index in [-0.39, 0.29) is 4.75 Å². The van der Waals surface area contributed by atoms with Crippen molar-refractivity contribution in [3.05, 3.63) is 16.1 Å². The maximum absolute atomic E-state index is 11.7. The smallest absolute Gasteiger partial charge is 0.0897 e. The number of hydrogen-bond acceptors (Lipinski definition) is 4. The van der Waals surface area contributed by atoms with Crippen molar-refractivity contribution >= 4 is 22.1 Å². The molecule has 0 aromatic carbocycles. The predicted octanol–water partition coefficient (Wildman–Crippen LogP) is 2.09. The van der Waals surface area contributed by atoms with Crippen LogP contribution in [0.4, 0.5) is 0 Å². The van der Waals surface area contributed by atoms with Gasteiger partial charge in [-0.3, -0.25) is 4.21 Å². The van der Waals surface area contributed by atoms with E-state index in [0.29, 0.717) is 5.75 Å². The number of rotatable bonds is 5. The first kappa shape index (κ1) is 13.8. The molecule has 92 valence electrons. The first-order valence-electron chi connectivity index (χ1n) is 5.40. The lowest BCUT2D eigenvalue weighted by molar-refractivity contribution is 0.639. The van der Waals surface area contributed by atoms with Crippen LogP contribution >= 0.6 is 11.3 Å². The van der Waals surface area contributed by atoms with Crippen LogP contribution in [-0.4, -0.2) is 26.2 Å². The molecule has 0 saturated heterocycles. The third kappa shape index (κ3) is 4.72. The molecule has 5 heteroatoms. The van der Waals surface area contributed by atoms with E-state index < -0.39 is 10.8 Å². The molecule has 3 nitrogen and oxygen atoms in total. The molecule has 0 spiro atoms. The molecule has 0 aliphatic carbocycles. The topological polar surface area (TPSA) is 42.0 Å². The molecule has 0 bridgehead atoms. The van der Waals surface area contributed by atoms with Gasteiger partial charge in [-0.15, -0.1) is 11.3 Å². The molecule has 1 N–H and O–H groups in total. The molecule has 0 fully saturated rings. The van der Waals surface area contributed by atoms with Crippen molar-refractivity contribution in [1.82, 2.24) is 10.3 Å². The van der Waals surface area contributed by atoms with Crippen LogP contribution in [0.1, 0.15) is 31.5 Å². The summed E-state index contributed by atoms with van der Waals surface area (Å²) >= 11 is 1.66. The summed E-state index contributed by atoms with van der Waals surface area (Å²) in [5.74, 6) is 0.701. The van der Waals surface area contributed by atoms with E-state index in [0.717, 1.165) is 23.8 Å². The summed E-state index contributed by atoms with van der Waals surface area (Å²) in [7, 11) is -0.770. The second kappa shape index (κ2) is 5.89. The average molecular weight is 260 g/mol. The fraction of sp³-hybridized carbons (Fsp3) is 0.727. The number of aryl methyl sites for hydroxylation is 1. The normalized spacial score (nSPS) is 14.0. The van der Waals surface area contributed by atoms with E-state index in [1.54, 1.807) is 11.3 Å². The zero-order chi connectivity index (χ0) is 12.2. The summed E-state index contributed by atoms with van der Waals surface area (Å²) in [6.07, 6.45) is 0. The standard InChI is InChI=1S/C11H20N2OS2/c1-9-13-10(8-15-9)7-12-5-6-16(14)11(2,3)4/h8,12H,5-7H2,1-4H3. The molecule has 1 aromatic heterocycles. The minimum atomic E-state index is -0.770. The summed E-state index contributed by atoms with van der Waals surface area (Å²) in [6.45, 7) is 9.57. The number of thiazole rings is 1. The van der Waals surface area contributed by atoms with Gasteiger partial charge in [0.15, 0.2) is 0 Å². The van der Waals surface area contributed by atoms with E-state index in [9.17, 15) is 4.21 Å². The Labute approximate surface area is 104 Å². The molecule has 1 heterocycles. The Kier molecular flexibility index (Phi) is 5.08. The third-order valence-electron chi connectivity index (χ3n) is 2.12. The van der Waals surface area contributed by atoms with Crippen LogP contribution in [-0.2, 0) is 17.3 Å². The van der Waals surface area contributed by atoms with E-state index in [1.807, 2.05) is 27.7 Å². The summed E-state index contributed by atoms with van der Waals surface area (Å²) in [5.41, 5.74) is 1.07. The lowest BCUT2D eigenvalue weighted by Gasteiger charge is -2.17. The van der Waals surface area contributed by atoms with Crippen molar-refractivity contribution in [2.75, 3.05) is 12.3 Å². The molecule has 0 amide bonds. The van der Waals surface area contributed by atoms with Gasteiger partial charge >= 0.3 is 0 Å². The maximum atomic E-state index is 11.7. The van der Waals surface area contributed by atoms with Crippen molar-refractivity contribution in [3.63, 3.8) is 0 Å². The lowest BCUT2D eigenvalue weighted by Crippen LogP contribution is -2.29. The summed E-state index contributed by atoms with van der Waals surface area (Å²) < 4.78 is 11.6.